The normalized spacial score (nSPS) is 51.4. The van der Waals surface area contributed by atoms with Crippen molar-refractivity contribution in [1.29, 1.82) is 0 Å². The van der Waals surface area contributed by atoms with E-state index in [0.717, 1.165) is 38.5 Å². The molecule has 0 radical (unpaired) electrons. The molecule has 6 nitrogen and oxygen atoms in total. The smallest absolute Gasteiger partial charge is 0.302 e. The fourth-order valence-corrected chi connectivity index (χ4v) is 7.92. The molecule has 4 saturated carbocycles. The minimum atomic E-state index is -1.23. The molecule has 4 aliphatic rings. The zero-order valence-electron chi connectivity index (χ0n) is 18.1. The van der Waals surface area contributed by atoms with Gasteiger partial charge in [-0.3, -0.25) is 9.59 Å². The summed E-state index contributed by atoms with van der Waals surface area (Å²) >= 11 is 0. The van der Waals surface area contributed by atoms with Crippen LogP contribution in [0.1, 0.15) is 79.1 Å². The predicted molar refractivity (Wildman–Crippen MR) is 106 cm³/mol. The summed E-state index contributed by atoms with van der Waals surface area (Å²) in [6.07, 6.45) is 4.99. The van der Waals surface area contributed by atoms with Crippen LogP contribution in [0, 0.1) is 28.6 Å². The van der Waals surface area contributed by atoms with E-state index in [4.69, 9.17) is 9.47 Å². The number of ether oxygens (including phenoxy) is 2. The molecule has 6 heteroatoms. The van der Waals surface area contributed by atoms with Gasteiger partial charge in [0, 0.05) is 31.1 Å². The maximum absolute atomic E-state index is 11.7. The highest BCUT2D eigenvalue weighted by Gasteiger charge is 2.68. The lowest BCUT2D eigenvalue weighted by Crippen LogP contribution is -2.68. The van der Waals surface area contributed by atoms with Gasteiger partial charge < -0.3 is 19.7 Å². The van der Waals surface area contributed by atoms with E-state index in [9.17, 15) is 19.8 Å². The summed E-state index contributed by atoms with van der Waals surface area (Å²) in [5.74, 6) is 0.491. The summed E-state index contributed by atoms with van der Waals surface area (Å²) in [6.45, 7) is 7.27. The Kier molecular flexibility index (Phi) is 5.05. The monoisotopic (exact) mass is 408 g/mol. The van der Waals surface area contributed by atoms with Crippen LogP contribution in [0.15, 0.2) is 0 Å². The van der Waals surface area contributed by atoms with Gasteiger partial charge in [0.25, 0.3) is 0 Å². The van der Waals surface area contributed by atoms with Crippen LogP contribution in [0.3, 0.4) is 0 Å². The lowest BCUT2D eigenvalue weighted by atomic mass is 9.43. The van der Waals surface area contributed by atoms with Crippen molar-refractivity contribution < 1.29 is 29.3 Å². The second kappa shape index (κ2) is 6.94. The first-order chi connectivity index (χ1) is 13.5. The largest absolute Gasteiger partial charge is 0.462 e. The Labute approximate surface area is 173 Å². The number of hydrogen-bond donors (Lipinski definition) is 2. The second-order valence-corrected chi connectivity index (χ2v) is 10.7. The summed E-state index contributed by atoms with van der Waals surface area (Å²) in [6, 6.07) is 0. The van der Waals surface area contributed by atoms with Crippen molar-refractivity contribution in [2.45, 2.75) is 103 Å². The van der Waals surface area contributed by atoms with Gasteiger partial charge in [-0.05, 0) is 62.7 Å². The van der Waals surface area contributed by atoms with E-state index >= 15 is 0 Å². The van der Waals surface area contributed by atoms with Crippen molar-refractivity contribution in [2.24, 2.45) is 28.6 Å². The van der Waals surface area contributed by atoms with Gasteiger partial charge in [-0.15, -0.1) is 0 Å². The lowest BCUT2D eigenvalue weighted by Gasteiger charge is -2.65. The lowest BCUT2D eigenvalue weighted by molar-refractivity contribution is -0.267. The number of aliphatic hydroxyl groups is 2. The molecule has 0 bridgehead atoms. The van der Waals surface area contributed by atoms with Crippen molar-refractivity contribution in [2.75, 3.05) is 0 Å². The number of hydrogen-bond acceptors (Lipinski definition) is 6. The molecule has 0 aromatic rings. The first-order valence-corrected chi connectivity index (χ1v) is 11.3. The molecule has 0 heterocycles. The van der Waals surface area contributed by atoms with Crippen LogP contribution >= 0.6 is 0 Å². The van der Waals surface area contributed by atoms with Gasteiger partial charge in [-0.2, -0.15) is 0 Å². The van der Waals surface area contributed by atoms with Crippen LogP contribution in [0.5, 0.6) is 0 Å². The minimum absolute atomic E-state index is 0.0450. The Morgan fingerprint density at radius 1 is 0.931 bits per heavy atom. The molecule has 0 aromatic heterocycles. The Bertz CT molecular complexity index is 693. The van der Waals surface area contributed by atoms with Crippen molar-refractivity contribution in [3.63, 3.8) is 0 Å². The third kappa shape index (κ3) is 3.04. The summed E-state index contributed by atoms with van der Waals surface area (Å²) in [4.78, 5) is 23.0. The Morgan fingerprint density at radius 3 is 2.28 bits per heavy atom. The third-order valence-electron chi connectivity index (χ3n) is 9.37. The first-order valence-electron chi connectivity index (χ1n) is 11.3. The molecule has 0 amide bonds. The minimum Gasteiger partial charge on any atom is -0.462 e. The van der Waals surface area contributed by atoms with Crippen molar-refractivity contribution in [1.82, 2.24) is 0 Å². The quantitative estimate of drug-likeness (QED) is 0.683. The van der Waals surface area contributed by atoms with Crippen LogP contribution < -0.4 is 0 Å². The fraction of sp³-hybridized carbons (Fsp3) is 0.913. The molecular weight excluding hydrogens is 372 g/mol. The van der Waals surface area contributed by atoms with Crippen molar-refractivity contribution in [3.8, 4) is 0 Å². The van der Waals surface area contributed by atoms with Gasteiger partial charge in [-0.1, -0.05) is 13.8 Å². The molecule has 0 aromatic carbocycles. The average molecular weight is 409 g/mol. The average Bonchev–Trinajstić information content (AvgIpc) is 2.93. The standard InChI is InChI=1S/C23H36O6/c1-13(24)28-15-7-10-22(4)18-8-9-21(3)17(5-6-20(21)29-14(2)25)16(18)11-19(26)23(22,27)12-15/h15-20,26-27H,5-12H2,1-4H3/t15-,16-,17-,18-,19+,20+,21-,22+,23-/m0/s1. The highest BCUT2D eigenvalue weighted by Crippen LogP contribution is 2.67. The first kappa shape index (κ1) is 21.1. The molecule has 4 aliphatic carbocycles. The van der Waals surface area contributed by atoms with Crippen LogP contribution in [0.25, 0.3) is 0 Å². The van der Waals surface area contributed by atoms with E-state index < -0.39 is 17.1 Å². The van der Waals surface area contributed by atoms with Gasteiger partial charge in [0.15, 0.2) is 0 Å². The molecule has 0 unspecified atom stereocenters. The maximum Gasteiger partial charge on any atom is 0.302 e. The summed E-state index contributed by atoms with van der Waals surface area (Å²) < 4.78 is 11.1. The van der Waals surface area contributed by atoms with E-state index in [1.165, 1.54) is 13.8 Å². The van der Waals surface area contributed by atoms with Crippen LogP contribution in [-0.2, 0) is 19.1 Å². The molecule has 9 atom stereocenters. The molecule has 0 aliphatic heterocycles. The van der Waals surface area contributed by atoms with Gasteiger partial charge in [0.05, 0.1) is 11.7 Å². The molecule has 29 heavy (non-hydrogen) atoms. The molecule has 2 N–H and O–H groups in total. The van der Waals surface area contributed by atoms with Crippen LogP contribution in [0.2, 0.25) is 0 Å². The molecule has 4 fully saturated rings. The van der Waals surface area contributed by atoms with Crippen molar-refractivity contribution >= 4 is 11.9 Å². The van der Waals surface area contributed by atoms with Gasteiger partial charge in [0.1, 0.15) is 12.2 Å². The zero-order valence-corrected chi connectivity index (χ0v) is 18.1. The van der Waals surface area contributed by atoms with E-state index in [1.807, 2.05) is 0 Å². The second-order valence-electron chi connectivity index (χ2n) is 10.7. The SMILES string of the molecule is CC(=O)O[C@H]1CC[C@]2(C)[C@H]3CC[C@]4(C)[C@H](OC(C)=O)CC[C@H]4[C@@H]3C[C@@H](O)[C@@]2(O)C1. The Morgan fingerprint density at radius 2 is 1.62 bits per heavy atom. The summed E-state index contributed by atoms with van der Waals surface area (Å²) in [7, 11) is 0. The number of carbonyl (C=O) groups excluding carboxylic acids is 2. The number of esters is 2. The van der Waals surface area contributed by atoms with Crippen molar-refractivity contribution in [3.05, 3.63) is 0 Å². The number of carbonyl (C=O) groups is 2. The van der Waals surface area contributed by atoms with Crippen LogP contribution in [0.4, 0.5) is 0 Å². The molecule has 164 valence electrons. The predicted octanol–water partition coefficient (Wildman–Crippen LogP) is 2.98. The fourth-order valence-electron chi connectivity index (χ4n) is 7.92. The highest BCUT2D eigenvalue weighted by molar-refractivity contribution is 5.66. The summed E-state index contributed by atoms with van der Waals surface area (Å²) in [5.41, 5.74) is -1.67. The molecular formula is C23H36O6. The van der Waals surface area contributed by atoms with Gasteiger partial charge >= 0.3 is 11.9 Å². The maximum atomic E-state index is 11.7. The summed E-state index contributed by atoms with van der Waals surface area (Å²) in [5, 5.41) is 22.9. The van der Waals surface area contributed by atoms with Gasteiger partial charge in [-0.25, -0.2) is 0 Å². The molecule has 0 saturated heterocycles. The topological polar surface area (TPSA) is 93.1 Å². The number of rotatable bonds is 2. The zero-order chi connectivity index (χ0) is 21.2. The third-order valence-corrected chi connectivity index (χ3v) is 9.37. The Balaban J connectivity index is 1.60. The molecule has 0 spiro atoms. The van der Waals surface area contributed by atoms with Gasteiger partial charge in [0.2, 0.25) is 0 Å². The number of aliphatic hydroxyl groups excluding tert-OH is 1. The van der Waals surface area contributed by atoms with E-state index in [0.29, 0.717) is 30.6 Å². The van der Waals surface area contributed by atoms with E-state index in [1.54, 1.807) is 0 Å². The molecule has 4 rings (SSSR count). The van der Waals surface area contributed by atoms with E-state index in [-0.39, 0.29) is 29.6 Å². The number of fused-ring (bicyclic) bond motifs is 5. The van der Waals surface area contributed by atoms with Crippen LogP contribution in [-0.4, -0.2) is 46.1 Å². The van der Waals surface area contributed by atoms with E-state index in [2.05, 4.69) is 13.8 Å². The highest BCUT2D eigenvalue weighted by atomic mass is 16.5. The Hall–Kier alpha value is -1.14.